The Hall–Kier alpha value is -1.80. The molecule has 1 atom stereocenters. The molecule has 1 unspecified atom stereocenters. The fraction of sp³-hybridized carbons (Fsp3) is 0.545. The minimum absolute atomic E-state index is 0.120. The number of rotatable bonds is 3. The molecule has 0 saturated heterocycles. The van der Waals surface area contributed by atoms with E-state index in [1.165, 1.54) is 11.1 Å². The highest BCUT2D eigenvalue weighted by Crippen LogP contribution is 2.22. The van der Waals surface area contributed by atoms with Crippen LogP contribution in [0.1, 0.15) is 20.8 Å². The van der Waals surface area contributed by atoms with Crippen LogP contribution < -0.4 is 17.2 Å². The number of aliphatic imine (C=N–C) groups is 2. The van der Waals surface area contributed by atoms with E-state index in [0.717, 1.165) is 0 Å². The fourth-order valence-corrected chi connectivity index (χ4v) is 2.26. The number of carbonyl (C=O) groups is 1. The van der Waals surface area contributed by atoms with E-state index in [2.05, 4.69) is 9.98 Å². The summed E-state index contributed by atoms with van der Waals surface area (Å²) in [4.78, 5) is 22.8. The first-order valence-electron chi connectivity index (χ1n) is 6.17. The van der Waals surface area contributed by atoms with Crippen LogP contribution in [0.4, 0.5) is 4.79 Å². The maximum absolute atomic E-state index is 12.1. The van der Waals surface area contributed by atoms with Gasteiger partial charge in [0, 0.05) is 6.04 Å². The van der Waals surface area contributed by atoms with Gasteiger partial charge in [-0.2, -0.15) is 4.99 Å². The third-order valence-corrected chi connectivity index (χ3v) is 3.12. The largest absolute Gasteiger partial charge is 0.384 e. The van der Waals surface area contributed by atoms with Gasteiger partial charge in [-0.25, -0.2) is 9.79 Å². The van der Waals surface area contributed by atoms with Crippen molar-refractivity contribution in [1.82, 2.24) is 9.80 Å². The van der Waals surface area contributed by atoms with Crippen LogP contribution in [-0.4, -0.2) is 45.7 Å². The third-order valence-electron chi connectivity index (χ3n) is 2.83. The summed E-state index contributed by atoms with van der Waals surface area (Å²) in [7, 11) is 0. The lowest BCUT2D eigenvalue weighted by atomic mass is 10.2. The molecule has 0 aliphatic carbocycles. The van der Waals surface area contributed by atoms with Crippen molar-refractivity contribution in [3.63, 3.8) is 0 Å². The Labute approximate surface area is 122 Å². The van der Waals surface area contributed by atoms with Gasteiger partial charge in [0.05, 0.1) is 6.20 Å². The first-order chi connectivity index (χ1) is 9.29. The lowest BCUT2D eigenvalue weighted by Gasteiger charge is -2.40. The van der Waals surface area contributed by atoms with E-state index in [4.69, 9.17) is 28.8 Å². The topological polar surface area (TPSA) is 126 Å². The van der Waals surface area contributed by atoms with E-state index in [0.29, 0.717) is 6.54 Å². The van der Waals surface area contributed by atoms with E-state index in [9.17, 15) is 4.79 Å². The van der Waals surface area contributed by atoms with Gasteiger partial charge < -0.3 is 17.2 Å². The van der Waals surface area contributed by atoms with E-state index in [-0.39, 0.29) is 23.0 Å². The second kappa shape index (κ2) is 6.58. The van der Waals surface area contributed by atoms with Gasteiger partial charge in [-0.05, 0) is 20.4 Å². The van der Waals surface area contributed by atoms with Crippen molar-refractivity contribution >= 4 is 28.8 Å². The van der Waals surface area contributed by atoms with Gasteiger partial charge in [-0.3, -0.25) is 9.80 Å². The molecule has 6 N–H and O–H groups in total. The van der Waals surface area contributed by atoms with Crippen molar-refractivity contribution in [2.45, 2.75) is 33.0 Å². The zero-order valence-electron chi connectivity index (χ0n) is 11.7. The van der Waals surface area contributed by atoms with Gasteiger partial charge in [0.25, 0.3) is 0 Å². The zero-order valence-corrected chi connectivity index (χ0v) is 12.5. The van der Waals surface area contributed by atoms with Crippen molar-refractivity contribution in [1.29, 1.82) is 0 Å². The number of nitrogens with two attached hydrogens (primary N) is 3. The Balaban J connectivity index is 3.21. The van der Waals surface area contributed by atoms with Gasteiger partial charge >= 0.3 is 6.03 Å². The van der Waals surface area contributed by atoms with Crippen LogP contribution in [0.25, 0.3) is 0 Å². The smallest absolute Gasteiger partial charge is 0.354 e. The number of halogens is 1. The third kappa shape index (κ3) is 3.40. The Bertz CT molecular complexity index is 467. The molecule has 1 rings (SSSR count). The average Bonchev–Trinajstić information content (AvgIpc) is 2.33. The average molecular weight is 302 g/mol. The van der Waals surface area contributed by atoms with Crippen molar-refractivity contribution in [2.75, 3.05) is 6.54 Å². The van der Waals surface area contributed by atoms with Gasteiger partial charge in [0.15, 0.2) is 5.96 Å². The maximum atomic E-state index is 12.1. The minimum Gasteiger partial charge on any atom is -0.384 e. The molecular weight excluding hydrogens is 282 g/mol. The van der Waals surface area contributed by atoms with Crippen molar-refractivity contribution in [2.24, 2.45) is 27.2 Å². The predicted octanol–water partition coefficient (Wildman–Crippen LogP) is 0.147. The molecule has 20 heavy (non-hydrogen) atoms. The number of urea groups is 1. The summed E-state index contributed by atoms with van der Waals surface area (Å²) < 4.78 is 0. The predicted molar refractivity (Wildman–Crippen MR) is 79.9 cm³/mol. The standard InChI is InChI=1S/C11H20ClN7O/c1-4-18(6(2)3)9-8(12)16-5-7(13)19(9)11(20)17-10(14)15/h5-6,9H,4,13H2,1-3H3,(H4,14,15,17,20). The summed E-state index contributed by atoms with van der Waals surface area (Å²) in [6, 6.07) is -0.565. The van der Waals surface area contributed by atoms with E-state index < -0.39 is 12.2 Å². The molecule has 112 valence electrons. The summed E-state index contributed by atoms with van der Waals surface area (Å²) in [6.45, 7) is 6.55. The Morgan fingerprint density at radius 1 is 1.60 bits per heavy atom. The van der Waals surface area contributed by atoms with Crippen molar-refractivity contribution in [3.05, 3.63) is 12.0 Å². The van der Waals surface area contributed by atoms with Gasteiger partial charge in [0.1, 0.15) is 17.2 Å². The highest BCUT2D eigenvalue weighted by Gasteiger charge is 2.36. The summed E-state index contributed by atoms with van der Waals surface area (Å²) >= 11 is 6.14. The van der Waals surface area contributed by atoms with Crippen LogP contribution in [0.5, 0.6) is 0 Å². The number of hydrogen-bond donors (Lipinski definition) is 3. The van der Waals surface area contributed by atoms with Crippen LogP contribution in [-0.2, 0) is 0 Å². The maximum Gasteiger partial charge on any atom is 0.354 e. The van der Waals surface area contributed by atoms with Gasteiger partial charge in [0.2, 0.25) is 0 Å². The van der Waals surface area contributed by atoms with E-state index >= 15 is 0 Å². The quantitative estimate of drug-likeness (QED) is 0.505. The number of carbonyl (C=O) groups excluding carboxylic acids is 1. The Kier molecular flexibility index (Phi) is 5.34. The zero-order chi connectivity index (χ0) is 15.4. The Morgan fingerprint density at radius 3 is 2.65 bits per heavy atom. The molecule has 0 saturated carbocycles. The Morgan fingerprint density at radius 2 is 2.20 bits per heavy atom. The lowest BCUT2D eigenvalue weighted by Crippen LogP contribution is -2.57. The van der Waals surface area contributed by atoms with Crippen LogP contribution in [0.3, 0.4) is 0 Å². The monoisotopic (exact) mass is 301 g/mol. The lowest BCUT2D eigenvalue weighted by molar-refractivity contribution is 0.109. The highest BCUT2D eigenvalue weighted by atomic mass is 35.5. The summed E-state index contributed by atoms with van der Waals surface area (Å²) in [6.07, 6.45) is 0.676. The molecule has 1 aliphatic heterocycles. The van der Waals surface area contributed by atoms with Gasteiger partial charge in [-0.1, -0.05) is 18.5 Å². The van der Waals surface area contributed by atoms with Crippen molar-refractivity contribution in [3.8, 4) is 0 Å². The molecule has 0 bridgehead atoms. The molecule has 0 aromatic rings. The molecule has 2 amide bonds. The molecule has 1 heterocycles. The minimum atomic E-state index is -0.684. The summed E-state index contributed by atoms with van der Waals surface area (Å²) in [5.41, 5.74) is 16.3. The molecule has 0 radical (unpaired) electrons. The van der Waals surface area contributed by atoms with E-state index in [1.807, 2.05) is 25.7 Å². The first kappa shape index (κ1) is 16.3. The summed E-state index contributed by atoms with van der Waals surface area (Å²) in [5, 5.41) is 0.230. The molecule has 0 aromatic carbocycles. The molecule has 1 aliphatic rings. The SMILES string of the molecule is CCN(C(C)C)C1C(Cl)=NC=C(N)N1C(=O)N=C(N)N. The van der Waals surface area contributed by atoms with Crippen LogP contribution in [0.2, 0.25) is 0 Å². The molecule has 0 fully saturated rings. The molecular formula is C11H20ClN7O. The number of nitrogens with zero attached hydrogens (tertiary/aromatic N) is 4. The molecule has 9 heteroatoms. The second-order valence-electron chi connectivity index (χ2n) is 4.49. The fourth-order valence-electron chi connectivity index (χ4n) is 1.99. The summed E-state index contributed by atoms with van der Waals surface area (Å²) in [5.74, 6) is -0.207. The van der Waals surface area contributed by atoms with Crippen LogP contribution in [0.15, 0.2) is 22.0 Å². The normalized spacial score (nSPS) is 18.9. The number of hydrogen-bond acceptors (Lipinski definition) is 4. The van der Waals surface area contributed by atoms with E-state index in [1.54, 1.807) is 0 Å². The second-order valence-corrected chi connectivity index (χ2v) is 4.88. The first-order valence-corrected chi connectivity index (χ1v) is 6.54. The molecule has 8 nitrogen and oxygen atoms in total. The van der Waals surface area contributed by atoms with Gasteiger partial charge in [-0.15, -0.1) is 0 Å². The molecule has 0 spiro atoms. The van der Waals surface area contributed by atoms with Crippen LogP contribution >= 0.6 is 11.6 Å². The molecule has 0 aromatic heterocycles. The number of guanidine groups is 1. The van der Waals surface area contributed by atoms with Crippen LogP contribution in [0, 0.1) is 0 Å². The highest BCUT2D eigenvalue weighted by molar-refractivity contribution is 6.66. The number of amides is 2. The van der Waals surface area contributed by atoms with Crippen molar-refractivity contribution < 1.29 is 4.79 Å².